The summed E-state index contributed by atoms with van der Waals surface area (Å²) in [6.45, 7) is 2.97. The molecule has 116 valence electrons. The zero-order valence-electron chi connectivity index (χ0n) is 12.8. The maximum atomic E-state index is 12.2. The number of ether oxygens (including phenoxy) is 1. The van der Waals surface area contributed by atoms with E-state index in [9.17, 15) is 4.79 Å². The topological polar surface area (TPSA) is 67.6 Å². The highest BCUT2D eigenvalue weighted by molar-refractivity contribution is 5.93. The lowest BCUT2D eigenvalue weighted by atomic mass is 10.0. The summed E-state index contributed by atoms with van der Waals surface area (Å²) in [7, 11) is 1.66. The first-order valence-electron chi connectivity index (χ1n) is 7.31. The summed E-state index contributed by atoms with van der Waals surface area (Å²) in [5.74, 6) is 1.12. The van der Waals surface area contributed by atoms with E-state index in [1.165, 1.54) is 5.56 Å². The predicted octanol–water partition coefficient (Wildman–Crippen LogP) is 2.38. The summed E-state index contributed by atoms with van der Waals surface area (Å²) in [5.41, 5.74) is 3.05. The lowest BCUT2D eigenvalue weighted by Gasteiger charge is -2.30. The number of nitrogens with zero attached hydrogens (tertiary/aromatic N) is 2. The molecule has 1 aromatic carbocycles. The summed E-state index contributed by atoms with van der Waals surface area (Å²) < 4.78 is 10.3. The third kappa shape index (κ3) is 3.05. The Balaban J connectivity index is 1.70. The summed E-state index contributed by atoms with van der Waals surface area (Å²) in [6.07, 6.45) is 2.03. The molecule has 22 heavy (non-hydrogen) atoms. The normalized spacial score (nSPS) is 13.6. The molecule has 0 saturated carbocycles. The molecule has 0 unspecified atom stereocenters. The van der Waals surface area contributed by atoms with Gasteiger partial charge in [-0.2, -0.15) is 0 Å². The molecular weight excluding hydrogens is 282 g/mol. The molecule has 0 saturated heterocycles. The van der Waals surface area contributed by atoms with Gasteiger partial charge in [0.05, 0.1) is 19.3 Å². The second-order valence-corrected chi connectivity index (χ2v) is 5.40. The fourth-order valence-electron chi connectivity index (χ4n) is 2.72. The van der Waals surface area contributed by atoms with E-state index in [0.29, 0.717) is 12.4 Å². The van der Waals surface area contributed by atoms with E-state index >= 15 is 0 Å². The van der Waals surface area contributed by atoms with E-state index in [4.69, 9.17) is 9.26 Å². The van der Waals surface area contributed by atoms with Gasteiger partial charge in [0, 0.05) is 18.3 Å². The van der Waals surface area contributed by atoms with Crippen molar-refractivity contribution in [3.05, 3.63) is 35.5 Å². The number of aromatic nitrogens is 1. The molecule has 6 heteroatoms. The lowest BCUT2D eigenvalue weighted by Crippen LogP contribution is -2.36. The number of methoxy groups -OCH3 is 1. The molecule has 3 rings (SSSR count). The molecule has 0 radical (unpaired) electrons. The van der Waals surface area contributed by atoms with Gasteiger partial charge in [0.1, 0.15) is 5.75 Å². The minimum Gasteiger partial charge on any atom is -0.497 e. The van der Waals surface area contributed by atoms with E-state index in [0.717, 1.165) is 36.5 Å². The summed E-state index contributed by atoms with van der Waals surface area (Å²) in [4.78, 5) is 14.2. The average Bonchev–Trinajstić information content (AvgIpc) is 2.92. The van der Waals surface area contributed by atoms with Gasteiger partial charge in [0.2, 0.25) is 11.8 Å². The number of carbonyl (C=O) groups excluding carboxylic acids is 1. The Morgan fingerprint density at radius 3 is 3.05 bits per heavy atom. The third-order valence-electron chi connectivity index (χ3n) is 3.73. The first-order valence-corrected chi connectivity index (χ1v) is 7.31. The summed E-state index contributed by atoms with van der Waals surface area (Å²) in [6, 6.07) is 7.68. The van der Waals surface area contributed by atoms with Crippen molar-refractivity contribution in [1.82, 2.24) is 5.16 Å². The second kappa shape index (κ2) is 6.09. The van der Waals surface area contributed by atoms with Gasteiger partial charge < -0.3 is 14.2 Å². The van der Waals surface area contributed by atoms with Crippen LogP contribution in [0.2, 0.25) is 0 Å². The smallest absolute Gasteiger partial charge is 0.246 e. The molecule has 1 aliphatic rings. The van der Waals surface area contributed by atoms with E-state index in [2.05, 4.69) is 15.4 Å². The molecule has 1 N–H and O–H groups in total. The van der Waals surface area contributed by atoms with Gasteiger partial charge in [0.25, 0.3) is 0 Å². The minimum atomic E-state index is -0.111. The van der Waals surface area contributed by atoms with Crippen LogP contribution >= 0.6 is 0 Å². The van der Waals surface area contributed by atoms with E-state index in [1.807, 2.05) is 25.1 Å². The molecule has 6 nitrogen and oxygen atoms in total. The Labute approximate surface area is 129 Å². The Bertz CT molecular complexity index is 681. The zero-order valence-corrected chi connectivity index (χ0v) is 12.8. The minimum absolute atomic E-state index is 0.111. The predicted molar refractivity (Wildman–Crippen MR) is 83.4 cm³/mol. The second-order valence-electron chi connectivity index (χ2n) is 5.40. The number of nitrogens with one attached hydrogen (secondary N) is 1. The Hall–Kier alpha value is -2.50. The highest BCUT2D eigenvalue weighted by Crippen LogP contribution is 2.30. The molecular formula is C16H19N3O3. The molecule has 0 spiro atoms. The standard InChI is InChI=1S/C16H19N3O3/c1-11-8-16(22-18-11)17-15(20)10-19-7-3-4-12-9-13(21-2)5-6-14(12)19/h5-6,8-9H,3-4,7,10H2,1-2H3,(H,17,20). The molecule has 0 atom stereocenters. The number of aryl methyl sites for hydroxylation is 2. The molecule has 0 fully saturated rings. The number of benzene rings is 1. The molecule has 2 heterocycles. The summed E-state index contributed by atoms with van der Waals surface area (Å²) in [5, 5.41) is 6.48. The number of carbonyl (C=O) groups is 1. The van der Waals surface area contributed by atoms with Gasteiger partial charge in [-0.15, -0.1) is 0 Å². The number of hydrogen-bond donors (Lipinski definition) is 1. The van der Waals surface area contributed by atoms with Gasteiger partial charge in [-0.05, 0) is 43.5 Å². The number of hydrogen-bond acceptors (Lipinski definition) is 5. The first-order chi connectivity index (χ1) is 10.7. The number of rotatable bonds is 4. The van der Waals surface area contributed by atoms with Crippen molar-refractivity contribution in [3.8, 4) is 5.75 Å². The monoisotopic (exact) mass is 301 g/mol. The first kappa shape index (κ1) is 14.4. The van der Waals surface area contributed by atoms with E-state index < -0.39 is 0 Å². The maximum absolute atomic E-state index is 12.2. The Morgan fingerprint density at radius 1 is 1.45 bits per heavy atom. The molecule has 1 aliphatic heterocycles. The molecule has 0 bridgehead atoms. The van der Waals surface area contributed by atoms with Crippen LogP contribution in [0.1, 0.15) is 17.7 Å². The Kier molecular flexibility index (Phi) is 4.00. The van der Waals surface area contributed by atoms with Crippen molar-refractivity contribution in [2.75, 3.05) is 30.4 Å². The van der Waals surface area contributed by atoms with E-state index in [1.54, 1.807) is 13.2 Å². The largest absolute Gasteiger partial charge is 0.497 e. The highest BCUT2D eigenvalue weighted by Gasteiger charge is 2.20. The average molecular weight is 301 g/mol. The number of anilines is 2. The van der Waals surface area contributed by atoms with Crippen molar-refractivity contribution < 1.29 is 14.1 Å². The summed E-state index contributed by atoms with van der Waals surface area (Å²) >= 11 is 0. The van der Waals surface area contributed by atoms with Gasteiger partial charge >= 0.3 is 0 Å². The van der Waals surface area contributed by atoms with Gasteiger partial charge in [0.15, 0.2) is 0 Å². The van der Waals surface area contributed by atoms with Crippen molar-refractivity contribution >= 4 is 17.5 Å². The van der Waals surface area contributed by atoms with Gasteiger partial charge in [-0.1, -0.05) is 5.16 Å². The van der Waals surface area contributed by atoms with Crippen LogP contribution in [0.15, 0.2) is 28.8 Å². The van der Waals surface area contributed by atoms with Crippen LogP contribution in [0.3, 0.4) is 0 Å². The highest BCUT2D eigenvalue weighted by atomic mass is 16.5. The number of amides is 1. The quantitative estimate of drug-likeness (QED) is 0.939. The molecule has 0 aliphatic carbocycles. The third-order valence-corrected chi connectivity index (χ3v) is 3.73. The van der Waals surface area contributed by atoms with Crippen LogP contribution in [-0.2, 0) is 11.2 Å². The maximum Gasteiger partial charge on any atom is 0.246 e. The van der Waals surface area contributed by atoms with Gasteiger partial charge in [-0.3, -0.25) is 10.1 Å². The zero-order chi connectivity index (χ0) is 15.5. The van der Waals surface area contributed by atoms with Crippen LogP contribution in [0.25, 0.3) is 0 Å². The lowest BCUT2D eigenvalue weighted by molar-refractivity contribution is -0.115. The van der Waals surface area contributed by atoms with Crippen LogP contribution in [0, 0.1) is 6.92 Å². The van der Waals surface area contributed by atoms with Crippen LogP contribution in [0.4, 0.5) is 11.6 Å². The van der Waals surface area contributed by atoms with Crippen molar-refractivity contribution in [2.24, 2.45) is 0 Å². The van der Waals surface area contributed by atoms with Crippen LogP contribution in [-0.4, -0.2) is 31.3 Å². The molecule has 1 amide bonds. The molecule has 1 aromatic heterocycles. The number of fused-ring (bicyclic) bond motifs is 1. The SMILES string of the molecule is COc1ccc2c(c1)CCCN2CC(=O)Nc1cc(C)no1. The fourth-order valence-corrected chi connectivity index (χ4v) is 2.72. The van der Waals surface area contributed by atoms with Crippen molar-refractivity contribution in [2.45, 2.75) is 19.8 Å². The van der Waals surface area contributed by atoms with Gasteiger partial charge in [-0.25, -0.2) is 0 Å². The van der Waals surface area contributed by atoms with E-state index in [-0.39, 0.29) is 5.91 Å². The van der Waals surface area contributed by atoms with Crippen LogP contribution < -0.4 is 15.0 Å². The Morgan fingerprint density at radius 2 is 2.32 bits per heavy atom. The van der Waals surface area contributed by atoms with Crippen molar-refractivity contribution in [3.63, 3.8) is 0 Å². The van der Waals surface area contributed by atoms with Crippen LogP contribution in [0.5, 0.6) is 5.75 Å². The molecule has 2 aromatic rings. The fraction of sp³-hybridized carbons (Fsp3) is 0.375. The van der Waals surface area contributed by atoms with Crippen molar-refractivity contribution in [1.29, 1.82) is 0 Å².